The van der Waals surface area contributed by atoms with Crippen molar-refractivity contribution >= 4 is 23.6 Å². The number of carboxylic acids is 1. The molecule has 3 N–H and O–H groups in total. The molecule has 6 heteroatoms. The zero-order valence-corrected chi connectivity index (χ0v) is 9.06. The molecule has 0 aromatic rings. The van der Waals surface area contributed by atoms with Gasteiger partial charge < -0.3 is 15.5 Å². The summed E-state index contributed by atoms with van der Waals surface area (Å²) in [5, 5.41) is 20.3. The average Bonchev–Trinajstić information content (AvgIpc) is 2.00. The first-order chi connectivity index (χ1) is 6.37. The Morgan fingerprint density at radius 1 is 1.50 bits per heavy atom. The molecule has 5 nitrogen and oxygen atoms in total. The summed E-state index contributed by atoms with van der Waals surface area (Å²) in [5.74, 6) is -1.27. The van der Waals surface area contributed by atoms with Crippen molar-refractivity contribution in [1.82, 2.24) is 5.32 Å². The minimum atomic E-state index is -1.17. The lowest BCUT2D eigenvalue weighted by Gasteiger charge is -2.22. The Bertz CT molecular complexity index is 217. The predicted molar refractivity (Wildman–Crippen MR) is 54.3 cm³/mol. The normalized spacial score (nSPS) is 14.5. The van der Waals surface area contributed by atoms with Crippen LogP contribution in [0.3, 0.4) is 0 Å². The van der Waals surface area contributed by atoms with Crippen LogP contribution >= 0.6 is 11.8 Å². The third kappa shape index (κ3) is 6.73. The fourth-order valence-electron chi connectivity index (χ4n) is 0.851. The van der Waals surface area contributed by atoms with E-state index in [0.717, 1.165) is 0 Å². The number of thioether (sulfide) groups is 1. The number of hydrogen-bond donors (Lipinski definition) is 3. The van der Waals surface area contributed by atoms with Gasteiger partial charge in [0, 0.05) is 12.3 Å². The van der Waals surface area contributed by atoms with E-state index in [2.05, 4.69) is 5.32 Å². The third-order valence-corrected chi connectivity index (χ3v) is 2.34. The lowest BCUT2D eigenvalue weighted by Crippen LogP contribution is -2.42. The molecule has 82 valence electrons. The van der Waals surface area contributed by atoms with Crippen LogP contribution in [0.15, 0.2) is 0 Å². The number of rotatable bonds is 6. The van der Waals surface area contributed by atoms with Crippen molar-refractivity contribution in [3.63, 3.8) is 0 Å². The van der Waals surface area contributed by atoms with Crippen LogP contribution in [-0.2, 0) is 9.59 Å². The second-order valence-corrected chi connectivity index (χ2v) is 4.14. The van der Waals surface area contributed by atoms with Crippen LogP contribution in [0, 0.1) is 0 Å². The Hall–Kier alpha value is -0.750. The molecule has 1 unspecified atom stereocenters. The molecule has 0 fully saturated rings. The van der Waals surface area contributed by atoms with Gasteiger partial charge in [0.15, 0.2) is 0 Å². The summed E-state index contributed by atoms with van der Waals surface area (Å²) in [6.07, 6.45) is 1.28. The SMILES string of the molecule is CSCC(C)(O)CNC(=O)CC(=O)O. The molecule has 0 aliphatic rings. The number of carbonyl (C=O) groups excluding carboxylic acids is 1. The van der Waals surface area contributed by atoms with Crippen LogP contribution in [-0.4, -0.2) is 46.2 Å². The first kappa shape index (κ1) is 13.2. The Labute approximate surface area is 86.9 Å². The molecule has 0 aromatic carbocycles. The fraction of sp³-hybridized carbons (Fsp3) is 0.750. The summed E-state index contributed by atoms with van der Waals surface area (Å²) in [6, 6.07) is 0. The molecular formula is C8H15NO4S. The van der Waals surface area contributed by atoms with E-state index in [1.807, 2.05) is 6.26 Å². The van der Waals surface area contributed by atoms with E-state index in [4.69, 9.17) is 5.11 Å². The summed E-state index contributed by atoms with van der Waals surface area (Å²) < 4.78 is 0. The van der Waals surface area contributed by atoms with Gasteiger partial charge >= 0.3 is 5.97 Å². The fourth-order valence-corrected chi connectivity index (χ4v) is 1.57. The summed E-state index contributed by atoms with van der Waals surface area (Å²) in [7, 11) is 0. The van der Waals surface area contributed by atoms with Crippen molar-refractivity contribution in [3.8, 4) is 0 Å². The van der Waals surface area contributed by atoms with Crippen molar-refractivity contribution in [2.45, 2.75) is 18.9 Å². The highest BCUT2D eigenvalue weighted by Crippen LogP contribution is 2.08. The molecule has 0 aromatic heterocycles. The lowest BCUT2D eigenvalue weighted by atomic mass is 10.1. The predicted octanol–water partition coefficient (Wildman–Crippen LogP) is -0.309. The molecule has 14 heavy (non-hydrogen) atoms. The minimum Gasteiger partial charge on any atom is -0.481 e. The Kier molecular flexibility index (Phi) is 5.56. The van der Waals surface area contributed by atoms with Crippen molar-refractivity contribution < 1.29 is 19.8 Å². The molecule has 0 spiro atoms. The Morgan fingerprint density at radius 2 is 2.07 bits per heavy atom. The highest BCUT2D eigenvalue weighted by molar-refractivity contribution is 7.98. The van der Waals surface area contributed by atoms with Crippen molar-refractivity contribution in [2.75, 3.05) is 18.6 Å². The van der Waals surface area contributed by atoms with Gasteiger partial charge in [-0.1, -0.05) is 0 Å². The van der Waals surface area contributed by atoms with Crippen molar-refractivity contribution in [3.05, 3.63) is 0 Å². The summed E-state index contributed by atoms with van der Waals surface area (Å²) in [4.78, 5) is 21.0. The van der Waals surface area contributed by atoms with Gasteiger partial charge in [-0.3, -0.25) is 9.59 Å². The first-order valence-electron chi connectivity index (χ1n) is 4.07. The smallest absolute Gasteiger partial charge is 0.312 e. The number of carbonyl (C=O) groups is 2. The number of carboxylic acid groups (broad SMARTS) is 1. The van der Waals surface area contributed by atoms with Crippen LogP contribution in [0.25, 0.3) is 0 Å². The van der Waals surface area contributed by atoms with Gasteiger partial charge in [0.05, 0.1) is 5.60 Å². The number of aliphatic carboxylic acids is 1. The molecule has 0 saturated heterocycles. The van der Waals surface area contributed by atoms with Gasteiger partial charge in [-0.15, -0.1) is 0 Å². The number of amides is 1. The van der Waals surface area contributed by atoms with E-state index < -0.39 is 23.9 Å². The molecule has 0 radical (unpaired) electrons. The van der Waals surface area contributed by atoms with Gasteiger partial charge in [-0.25, -0.2) is 0 Å². The Morgan fingerprint density at radius 3 is 2.50 bits per heavy atom. The molecule has 1 amide bonds. The molecule has 1 atom stereocenters. The highest BCUT2D eigenvalue weighted by atomic mass is 32.2. The third-order valence-electron chi connectivity index (χ3n) is 1.43. The summed E-state index contributed by atoms with van der Waals surface area (Å²) in [5.41, 5.74) is -0.992. The summed E-state index contributed by atoms with van der Waals surface area (Å²) >= 11 is 1.46. The zero-order valence-electron chi connectivity index (χ0n) is 8.24. The van der Waals surface area contributed by atoms with Gasteiger partial charge in [-0.2, -0.15) is 11.8 Å². The number of hydrogen-bond acceptors (Lipinski definition) is 4. The zero-order chi connectivity index (χ0) is 11.2. The Balaban J connectivity index is 3.81. The van der Waals surface area contributed by atoms with Crippen LogP contribution in [0.1, 0.15) is 13.3 Å². The van der Waals surface area contributed by atoms with Crippen molar-refractivity contribution in [1.29, 1.82) is 0 Å². The monoisotopic (exact) mass is 221 g/mol. The molecule has 0 bridgehead atoms. The maximum absolute atomic E-state index is 10.9. The quantitative estimate of drug-likeness (QED) is 0.536. The topological polar surface area (TPSA) is 86.6 Å². The second kappa shape index (κ2) is 5.87. The molecular weight excluding hydrogens is 206 g/mol. The van der Waals surface area contributed by atoms with Crippen LogP contribution < -0.4 is 5.32 Å². The van der Waals surface area contributed by atoms with E-state index in [1.165, 1.54) is 11.8 Å². The lowest BCUT2D eigenvalue weighted by molar-refractivity contribution is -0.141. The van der Waals surface area contributed by atoms with Gasteiger partial charge in [0.2, 0.25) is 5.91 Å². The number of nitrogens with one attached hydrogen (secondary N) is 1. The average molecular weight is 221 g/mol. The van der Waals surface area contributed by atoms with E-state index in [1.54, 1.807) is 6.92 Å². The second-order valence-electron chi connectivity index (χ2n) is 3.28. The van der Waals surface area contributed by atoms with E-state index in [0.29, 0.717) is 5.75 Å². The van der Waals surface area contributed by atoms with Crippen molar-refractivity contribution in [2.24, 2.45) is 0 Å². The van der Waals surface area contributed by atoms with Crippen LogP contribution in [0.2, 0.25) is 0 Å². The van der Waals surface area contributed by atoms with Crippen LogP contribution in [0.4, 0.5) is 0 Å². The molecule has 0 aliphatic carbocycles. The van der Waals surface area contributed by atoms with Gasteiger partial charge in [0.25, 0.3) is 0 Å². The highest BCUT2D eigenvalue weighted by Gasteiger charge is 2.20. The van der Waals surface area contributed by atoms with E-state index in [9.17, 15) is 14.7 Å². The van der Waals surface area contributed by atoms with Crippen LogP contribution in [0.5, 0.6) is 0 Å². The largest absolute Gasteiger partial charge is 0.481 e. The first-order valence-corrected chi connectivity index (χ1v) is 5.46. The molecule has 0 aliphatic heterocycles. The van der Waals surface area contributed by atoms with Gasteiger partial charge in [0.1, 0.15) is 6.42 Å². The molecule has 0 rings (SSSR count). The summed E-state index contributed by atoms with van der Waals surface area (Å²) in [6.45, 7) is 1.66. The van der Waals surface area contributed by atoms with E-state index >= 15 is 0 Å². The minimum absolute atomic E-state index is 0.0694. The maximum atomic E-state index is 10.9. The molecule has 0 saturated carbocycles. The standard InChI is InChI=1S/C8H15NO4S/c1-8(13,5-14-2)4-9-6(10)3-7(11)12/h13H,3-5H2,1-2H3,(H,9,10)(H,11,12). The molecule has 0 heterocycles. The van der Waals surface area contributed by atoms with Gasteiger partial charge in [-0.05, 0) is 13.2 Å². The number of aliphatic hydroxyl groups is 1. The maximum Gasteiger partial charge on any atom is 0.312 e. The van der Waals surface area contributed by atoms with E-state index in [-0.39, 0.29) is 6.54 Å².